The second-order valence-electron chi connectivity index (χ2n) is 8.04. The van der Waals surface area contributed by atoms with Crippen LogP contribution < -0.4 is 14.2 Å². The molecule has 0 spiro atoms. The van der Waals surface area contributed by atoms with Crippen molar-refractivity contribution in [3.8, 4) is 40.9 Å². The van der Waals surface area contributed by atoms with Gasteiger partial charge >= 0.3 is 12.4 Å². The number of phenolic OH excluding ortho intramolecular Hbond substituents is 1. The third-order valence-electron chi connectivity index (χ3n) is 5.21. The predicted octanol–water partition coefficient (Wildman–Crippen LogP) is 9.11. The molecule has 0 aliphatic heterocycles. The molecule has 44 heavy (non-hydrogen) atoms. The molecule has 4 aromatic carbocycles. The molecule has 0 aliphatic rings. The minimum atomic E-state index is -4.69. The Hall–Kier alpha value is -4.70. The van der Waals surface area contributed by atoms with Crippen molar-refractivity contribution in [1.29, 1.82) is 10.5 Å². The number of nitrogens with zero attached hydrogens (tertiary/aromatic N) is 2. The second-order valence-corrected chi connectivity index (χ2v) is 8.04. The average molecular weight is 734 g/mol. The Morgan fingerprint density at radius 1 is 0.636 bits per heavy atom. The molecule has 14 heteroatoms. The normalized spacial score (nSPS) is 10.2. The molecule has 0 saturated carbocycles. The standard InChI is InChI=1S/C15H10F3NO2.C8H3F4N.C7H8O2.HI/c1-20-13-4-2-3-5-14(13)21-11-7-6-10(9-19)12(8-11)15(16,17)18;9-6-2-1-5(4-13)7(3-6)8(10,11)12;1-9-7-5-3-2-4-6(7)8;/h2-8H,1H3;1-3H;2-5,8H,1H3;1H. The highest BCUT2D eigenvalue weighted by Crippen LogP contribution is 2.37. The molecule has 0 radical (unpaired) electrons. The number of hydrogen-bond donors (Lipinski definition) is 1. The van der Waals surface area contributed by atoms with Crippen molar-refractivity contribution in [3.63, 3.8) is 0 Å². The number of benzene rings is 4. The molecule has 6 nitrogen and oxygen atoms in total. The smallest absolute Gasteiger partial charge is 0.417 e. The number of nitriles is 2. The molecule has 0 unspecified atom stereocenters. The van der Waals surface area contributed by atoms with E-state index in [1.807, 2.05) is 0 Å². The van der Waals surface area contributed by atoms with Crippen molar-refractivity contribution in [3.05, 3.63) is 113 Å². The van der Waals surface area contributed by atoms with Crippen molar-refractivity contribution in [2.45, 2.75) is 12.4 Å². The summed E-state index contributed by atoms with van der Waals surface area (Å²) in [4.78, 5) is 0. The topological polar surface area (TPSA) is 95.5 Å². The highest BCUT2D eigenvalue weighted by atomic mass is 127. The van der Waals surface area contributed by atoms with Gasteiger partial charge in [-0.1, -0.05) is 24.3 Å². The molecule has 232 valence electrons. The van der Waals surface area contributed by atoms with Crippen molar-refractivity contribution in [1.82, 2.24) is 0 Å². The summed E-state index contributed by atoms with van der Waals surface area (Å²) in [6.45, 7) is 0. The van der Waals surface area contributed by atoms with Crippen LogP contribution in [0.25, 0.3) is 0 Å². The first kappa shape index (κ1) is 37.3. The third-order valence-corrected chi connectivity index (χ3v) is 5.21. The van der Waals surface area contributed by atoms with E-state index in [9.17, 15) is 30.7 Å². The van der Waals surface area contributed by atoms with Gasteiger partial charge in [-0.15, -0.1) is 24.0 Å². The summed E-state index contributed by atoms with van der Waals surface area (Å²) in [5.74, 6) is 0.350. The maximum atomic E-state index is 12.9. The van der Waals surface area contributed by atoms with E-state index in [1.165, 1.54) is 32.4 Å². The zero-order chi connectivity index (χ0) is 32.2. The van der Waals surface area contributed by atoms with E-state index in [0.717, 1.165) is 24.3 Å². The van der Waals surface area contributed by atoms with Crippen LogP contribution in [0.4, 0.5) is 30.7 Å². The van der Waals surface area contributed by atoms with E-state index in [0.29, 0.717) is 17.6 Å². The molecule has 1 N–H and O–H groups in total. The maximum absolute atomic E-state index is 12.9. The highest BCUT2D eigenvalue weighted by Gasteiger charge is 2.35. The molecular weight excluding hydrogens is 712 g/mol. The Balaban J connectivity index is 0.000000359. The van der Waals surface area contributed by atoms with Crippen LogP contribution in [-0.4, -0.2) is 19.3 Å². The van der Waals surface area contributed by atoms with Gasteiger partial charge in [0.1, 0.15) is 11.6 Å². The van der Waals surface area contributed by atoms with Gasteiger partial charge in [-0.25, -0.2) is 4.39 Å². The molecule has 0 bridgehead atoms. The van der Waals surface area contributed by atoms with Crippen molar-refractivity contribution in [2.75, 3.05) is 14.2 Å². The molecule has 0 atom stereocenters. The molecule has 0 aromatic heterocycles. The molecule has 0 aliphatic carbocycles. The summed E-state index contributed by atoms with van der Waals surface area (Å²) in [6, 6.07) is 21.4. The fraction of sp³-hybridized carbons (Fsp3) is 0.133. The summed E-state index contributed by atoms with van der Waals surface area (Å²) in [7, 11) is 2.96. The maximum Gasteiger partial charge on any atom is 0.417 e. The van der Waals surface area contributed by atoms with Gasteiger partial charge in [0, 0.05) is 0 Å². The van der Waals surface area contributed by atoms with E-state index < -0.39 is 40.4 Å². The number of para-hydroxylation sites is 4. The van der Waals surface area contributed by atoms with Gasteiger partial charge < -0.3 is 19.3 Å². The molecule has 4 aromatic rings. The first-order chi connectivity index (χ1) is 20.2. The molecule has 0 fully saturated rings. The Morgan fingerprint density at radius 2 is 1.09 bits per heavy atom. The highest BCUT2D eigenvalue weighted by molar-refractivity contribution is 14.0. The Bertz CT molecular complexity index is 1610. The number of rotatable bonds is 4. The quantitative estimate of drug-likeness (QED) is 0.166. The van der Waals surface area contributed by atoms with Gasteiger partial charge in [-0.3, -0.25) is 0 Å². The van der Waals surface area contributed by atoms with E-state index in [2.05, 4.69) is 0 Å². The first-order valence-electron chi connectivity index (χ1n) is 11.8. The minimum absolute atomic E-state index is 0. The van der Waals surface area contributed by atoms with Crippen molar-refractivity contribution >= 4 is 24.0 Å². The van der Waals surface area contributed by atoms with Gasteiger partial charge in [-0.05, 0) is 60.7 Å². The molecule has 0 heterocycles. The van der Waals surface area contributed by atoms with E-state index in [1.54, 1.807) is 48.5 Å². The lowest BCUT2D eigenvalue weighted by Gasteiger charge is -2.13. The van der Waals surface area contributed by atoms with Gasteiger partial charge in [0.2, 0.25) is 0 Å². The number of alkyl halides is 6. The summed E-state index contributed by atoms with van der Waals surface area (Å²) >= 11 is 0. The van der Waals surface area contributed by atoms with E-state index in [4.69, 9.17) is 29.8 Å². The zero-order valence-corrected chi connectivity index (χ0v) is 25.0. The lowest BCUT2D eigenvalue weighted by atomic mass is 10.1. The molecule has 0 saturated heterocycles. The lowest BCUT2D eigenvalue weighted by molar-refractivity contribution is -0.138. The summed E-state index contributed by atoms with van der Waals surface area (Å²) < 4.78 is 103. The number of halogens is 8. The van der Waals surface area contributed by atoms with Gasteiger partial charge in [0.15, 0.2) is 23.0 Å². The fourth-order valence-corrected chi connectivity index (χ4v) is 3.23. The van der Waals surface area contributed by atoms with Crippen LogP contribution in [0.2, 0.25) is 0 Å². The Kier molecular flexibility index (Phi) is 14.3. The fourth-order valence-electron chi connectivity index (χ4n) is 3.23. The molecule has 0 amide bonds. The van der Waals surface area contributed by atoms with Crippen LogP contribution >= 0.6 is 24.0 Å². The zero-order valence-electron chi connectivity index (χ0n) is 22.7. The lowest BCUT2D eigenvalue weighted by Crippen LogP contribution is -2.08. The van der Waals surface area contributed by atoms with Gasteiger partial charge in [0.05, 0.1) is 48.6 Å². The van der Waals surface area contributed by atoms with Crippen LogP contribution in [0, 0.1) is 28.5 Å². The van der Waals surface area contributed by atoms with Crippen LogP contribution in [0.1, 0.15) is 22.3 Å². The number of aromatic hydroxyl groups is 1. The third kappa shape index (κ3) is 10.9. The van der Waals surface area contributed by atoms with Crippen LogP contribution in [-0.2, 0) is 12.4 Å². The number of ether oxygens (including phenoxy) is 3. The van der Waals surface area contributed by atoms with E-state index >= 15 is 0 Å². The SMILES string of the molecule is COc1ccccc1O.COc1ccccc1Oc1ccc(C#N)c(C(F)(F)F)c1.I.N#Cc1ccc(F)cc1C(F)(F)F. The largest absolute Gasteiger partial charge is 0.504 e. The summed E-state index contributed by atoms with van der Waals surface area (Å²) in [5, 5.41) is 26.0. The molecular formula is C30H22F7IN2O4. The second kappa shape index (κ2) is 16.8. The summed E-state index contributed by atoms with van der Waals surface area (Å²) in [6.07, 6.45) is -9.31. The molecule has 4 rings (SSSR count). The van der Waals surface area contributed by atoms with Crippen molar-refractivity contribution < 1.29 is 50.1 Å². The monoisotopic (exact) mass is 734 g/mol. The van der Waals surface area contributed by atoms with Crippen LogP contribution in [0.3, 0.4) is 0 Å². The minimum Gasteiger partial charge on any atom is -0.504 e. The average Bonchev–Trinajstić information content (AvgIpc) is 2.97. The Labute approximate surface area is 264 Å². The number of phenols is 1. The van der Waals surface area contributed by atoms with Crippen LogP contribution in [0.5, 0.6) is 28.7 Å². The predicted molar refractivity (Wildman–Crippen MR) is 155 cm³/mol. The Morgan fingerprint density at radius 3 is 1.55 bits per heavy atom. The first-order valence-corrected chi connectivity index (χ1v) is 11.8. The number of hydrogen-bond acceptors (Lipinski definition) is 6. The van der Waals surface area contributed by atoms with Gasteiger partial charge in [-0.2, -0.15) is 36.9 Å². The van der Waals surface area contributed by atoms with Crippen molar-refractivity contribution in [2.24, 2.45) is 0 Å². The summed E-state index contributed by atoms with van der Waals surface area (Å²) in [5.41, 5.74) is -3.30. The number of methoxy groups -OCH3 is 2. The van der Waals surface area contributed by atoms with E-state index in [-0.39, 0.29) is 41.2 Å². The van der Waals surface area contributed by atoms with Gasteiger partial charge in [0.25, 0.3) is 0 Å². The van der Waals surface area contributed by atoms with Crippen LogP contribution in [0.15, 0.2) is 84.9 Å².